The second kappa shape index (κ2) is 6.80. The van der Waals surface area contributed by atoms with Crippen LogP contribution in [0.2, 0.25) is 0 Å². The molecule has 0 saturated carbocycles. The number of carbonyl (C=O) groups excluding carboxylic acids is 1. The summed E-state index contributed by atoms with van der Waals surface area (Å²) in [4.78, 5) is 13.1. The fourth-order valence-electron chi connectivity index (χ4n) is 1.26. The predicted molar refractivity (Wildman–Crippen MR) is 59.7 cm³/mol. The zero-order chi connectivity index (χ0) is 11.9. The van der Waals surface area contributed by atoms with E-state index in [-0.39, 0.29) is 5.97 Å². The van der Waals surface area contributed by atoms with Crippen molar-refractivity contribution < 1.29 is 14.6 Å². The fourth-order valence-corrected chi connectivity index (χ4v) is 1.26. The van der Waals surface area contributed by atoms with Crippen molar-refractivity contribution in [3.05, 3.63) is 0 Å². The highest BCUT2D eigenvalue weighted by Gasteiger charge is 2.16. The predicted octanol–water partition coefficient (Wildman–Crippen LogP) is 1.03. The molecule has 15 heavy (non-hydrogen) atoms. The number of aliphatic hydroxyl groups is 1. The molecule has 0 saturated heterocycles. The van der Waals surface area contributed by atoms with E-state index in [1.807, 2.05) is 4.90 Å². The molecule has 4 nitrogen and oxygen atoms in total. The molecule has 0 aromatic rings. The molecule has 0 spiro atoms. The Bertz CT molecular complexity index is 187. The Balaban J connectivity index is 3.98. The molecular formula is C11H23NO3. The van der Waals surface area contributed by atoms with E-state index in [4.69, 9.17) is 0 Å². The van der Waals surface area contributed by atoms with E-state index >= 15 is 0 Å². The van der Waals surface area contributed by atoms with Gasteiger partial charge in [0.15, 0.2) is 0 Å². The summed E-state index contributed by atoms with van der Waals surface area (Å²) in [6, 6.07) is 0. The number of esters is 1. The van der Waals surface area contributed by atoms with Gasteiger partial charge < -0.3 is 9.84 Å². The normalized spacial score (nSPS) is 11.9. The first-order valence-electron chi connectivity index (χ1n) is 5.40. The summed E-state index contributed by atoms with van der Waals surface area (Å²) in [6.45, 7) is 7.48. The Morgan fingerprint density at radius 1 is 1.40 bits per heavy atom. The van der Waals surface area contributed by atoms with Crippen LogP contribution in [0.25, 0.3) is 0 Å². The van der Waals surface area contributed by atoms with E-state index in [1.165, 1.54) is 7.11 Å². The minimum Gasteiger partial charge on any atom is -0.468 e. The van der Waals surface area contributed by atoms with Crippen LogP contribution in [0.5, 0.6) is 0 Å². The average Bonchev–Trinajstić information content (AvgIpc) is 2.13. The molecule has 0 heterocycles. The largest absolute Gasteiger partial charge is 0.468 e. The summed E-state index contributed by atoms with van der Waals surface area (Å²) in [5, 5.41) is 9.58. The molecule has 0 fully saturated rings. The van der Waals surface area contributed by atoms with Crippen molar-refractivity contribution in [3.8, 4) is 0 Å². The third-order valence-corrected chi connectivity index (χ3v) is 2.16. The Hall–Kier alpha value is -0.610. The second-order valence-electron chi connectivity index (χ2n) is 4.41. The van der Waals surface area contributed by atoms with E-state index < -0.39 is 5.60 Å². The van der Waals surface area contributed by atoms with E-state index in [9.17, 15) is 9.90 Å². The Morgan fingerprint density at radius 3 is 2.40 bits per heavy atom. The second-order valence-corrected chi connectivity index (χ2v) is 4.41. The first-order chi connectivity index (χ1) is 6.89. The van der Waals surface area contributed by atoms with Crippen LogP contribution in [0.15, 0.2) is 0 Å². The van der Waals surface area contributed by atoms with Crippen molar-refractivity contribution in [2.75, 3.05) is 26.7 Å². The molecule has 0 rings (SSSR count). The summed E-state index contributed by atoms with van der Waals surface area (Å²) in [5.41, 5.74) is -0.678. The molecule has 0 aliphatic carbocycles. The van der Waals surface area contributed by atoms with Crippen LogP contribution in [0.1, 0.15) is 33.6 Å². The Kier molecular flexibility index (Phi) is 6.52. The topological polar surface area (TPSA) is 49.8 Å². The van der Waals surface area contributed by atoms with Gasteiger partial charge in [0.25, 0.3) is 0 Å². The van der Waals surface area contributed by atoms with E-state index in [1.54, 1.807) is 13.8 Å². The minimum atomic E-state index is -0.678. The number of ether oxygens (including phenoxy) is 1. The smallest absolute Gasteiger partial charge is 0.319 e. The first-order valence-corrected chi connectivity index (χ1v) is 5.40. The van der Waals surface area contributed by atoms with Gasteiger partial charge in [0.05, 0.1) is 19.3 Å². The highest BCUT2D eigenvalue weighted by atomic mass is 16.5. The quantitative estimate of drug-likeness (QED) is 0.647. The van der Waals surface area contributed by atoms with Gasteiger partial charge in [-0.15, -0.1) is 0 Å². The maximum absolute atomic E-state index is 11.1. The molecule has 0 atom stereocenters. The molecular weight excluding hydrogens is 194 g/mol. The van der Waals surface area contributed by atoms with Gasteiger partial charge in [-0.2, -0.15) is 0 Å². The standard InChI is InChI=1S/C11H23NO3/c1-5-7-12(9-10(13)15-4)8-6-11(2,3)14/h14H,5-9H2,1-4H3. The number of nitrogens with zero attached hydrogens (tertiary/aromatic N) is 1. The van der Waals surface area contributed by atoms with Crippen LogP contribution in [-0.4, -0.2) is 48.3 Å². The summed E-state index contributed by atoms with van der Waals surface area (Å²) < 4.78 is 4.62. The molecule has 0 aliphatic heterocycles. The van der Waals surface area contributed by atoms with E-state index in [2.05, 4.69) is 11.7 Å². The van der Waals surface area contributed by atoms with Crippen LogP contribution in [0, 0.1) is 0 Å². The van der Waals surface area contributed by atoms with Gasteiger partial charge in [0.2, 0.25) is 0 Å². The van der Waals surface area contributed by atoms with Gasteiger partial charge in [-0.05, 0) is 33.2 Å². The molecule has 4 heteroatoms. The van der Waals surface area contributed by atoms with Gasteiger partial charge in [-0.1, -0.05) is 6.92 Å². The average molecular weight is 217 g/mol. The molecule has 0 aromatic heterocycles. The van der Waals surface area contributed by atoms with Crippen LogP contribution in [-0.2, 0) is 9.53 Å². The minimum absolute atomic E-state index is 0.223. The number of rotatable bonds is 7. The number of hydrogen-bond acceptors (Lipinski definition) is 4. The summed E-state index contributed by atoms with van der Waals surface area (Å²) in [6.07, 6.45) is 1.65. The molecule has 1 N–H and O–H groups in total. The van der Waals surface area contributed by atoms with Gasteiger partial charge in [0, 0.05) is 6.54 Å². The lowest BCUT2D eigenvalue weighted by atomic mass is 10.1. The number of hydrogen-bond donors (Lipinski definition) is 1. The highest BCUT2D eigenvalue weighted by molar-refractivity contribution is 5.71. The van der Waals surface area contributed by atoms with Crippen molar-refractivity contribution in [3.63, 3.8) is 0 Å². The van der Waals surface area contributed by atoms with Crippen molar-refractivity contribution in [2.45, 2.75) is 39.2 Å². The third kappa shape index (κ3) is 8.39. The summed E-state index contributed by atoms with van der Waals surface area (Å²) in [7, 11) is 1.39. The molecule has 0 aromatic carbocycles. The SMILES string of the molecule is CCCN(CCC(C)(C)O)CC(=O)OC. The molecule has 0 radical (unpaired) electrons. The van der Waals surface area contributed by atoms with E-state index in [0.717, 1.165) is 13.0 Å². The lowest BCUT2D eigenvalue weighted by Crippen LogP contribution is -2.35. The Morgan fingerprint density at radius 2 is 2.00 bits per heavy atom. The summed E-state index contributed by atoms with van der Waals surface area (Å²) in [5.74, 6) is -0.223. The molecule has 0 bridgehead atoms. The van der Waals surface area contributed by atoms with Crippen LogP contribution < -0.4 is 0 Å². The maximum atomic E-state index is 11.1. The van der Waals surface area contributed by atoms with Gasteiger partial charge in [-0.3, -0.25) is 9.69 Å². The van der Waals surface area contributed by atoms with Gasteiger partial charge in [-0.25, -0.2) is 0 Å². The fraction of sp³-hybridized carbons (Fsp3) is 0.909. The van der Waals surface area contributed by atoms with Crippen LogP contribution in [0.4, 0.5) is 0 Å². The first kappa shape index (κ1) is 14.4. The van der Waals surface area contributed by atoms with Crippen molar-refractivity contribution >= 4 is 5.97 Å². The highest BCUT2D eigenvalue weighted by Crippen LogP contribution is 2.08. The molecule has 0 aliphatic rings. The number of methoxy groups -OCH3 is 1. The summed E-state index contributed by atoms with van der Waals surface area (Å²) >= 11 is 0. The monoisotopic (exact) mass is 217 g/mol. The van der Waals surface area contributed by atoms with Crippen molar-refractivity contribution in [2.24, 2.45) is 0 Å². The van der Waals surface area contributed by atoms with Crippen molar-refractivity contribution in [1.82, 2.24) is 4.90 Å². The molecule has 90 valence electrons. The van der Waals surface area contributed by atoms with E-state index in [0.29, 0.717) is 19.5 Å². The van der Waals surface area contributed by atoms with Crippen LogP contribution in [0.3, 0.4) is 0 Å². The third-order valence-electron chi connectivity index (χ3n) is 2.16. The van der Waals surface area contributed by atoms with Crippen molar-refractivity contribution in [1.29, 1.82) is 0 Å². The zero-order valence-corrected chi connectivity index (χ0v) is 10.2. The molecule has 0 unspecified atom stereocenters. The lowest BCUT2D eigenvalue weighted by Gasteiger charge is -2.24. The lowest BCUT2D eigenvalue weighted by molar-refractivity contribution is -0.142. The number of carbonyl (C=O) groups is 1. The zero-order valence-electron chi connectivity index (χ0n) is 10.2. The van der Waals surface area contributed by atoms with Gasteiger partial charge in [0.1, 0.15) is 0 Å². The van der Waals surface area contributed by atoms with Gasteiger partial charge >= 0.3 is 5.97 Å². The molecule has 0 amide bonds. The Labute approximate surface area is 92.2 Å². The van der Waals surface area contributed by atoms with Crippen LogP contribution >= 0.6 is 0 Å². The maximum Gasteiger partial charge on any atom is 0.319 e.